The van der Waals surface area contributed by atoms with Crippen molar-refractivity contribution < 1.29 is 23.5 Å². The van der Waals surface area contributed by atoms with Crippen LogP contribution in [-0.2, 0) is 11.2 Å². The van der Waals surface area contributed by atoms with E-state index in [1.807, 2.05) is 6.07 Å². The van der Waals surface area contributed by atoms with Gasteiger partial charge in [-0.2, -0.15) is 10.4 Å². The molecule has 4 rings (SSSR count). The lowest BCUT2D eigenvalue weighted by molar-refractivity contribution is 0.0221. The van der Waals surface area contributed by atoms with E-state index >= 15 is 4.39 Å². The van der Waals surface area contributed by atoms with Gasteiger partial charge in [-0.3, -0.25) is 4.84 Å². The molecule has 2 heterocycles. The highest BCUT2D eigenvalue weighted by Crippen LogP contribution is 2.36. The predicted octanol–water partition coefficient (Wildman–Crippen LogP) is 5.61. The maximum Gasteiger partial charge on any atom is 0.535 e. The largest absolute Gasteiger partial charge is 0.535 e. The summed E-state index contributed by atoms with van der Waals surface area (Å²) in [4.78, 5) is 18.0. The minimum atomic E-state index is -0.967. The van der Waals surface area contributed by atoms with Gasteiger partial charge in [-0.1, -0.05) is 22.5 Å². The first kappa shape index (κ1) is 24.4. The third-order valence-corrected chi connectivity index (χ3v) is 5.45. The van der Waals surface area contributed by atoms with Gasteiger partial charge in [-0.15, -0.1) is 10.2 Å². The van der Waals surface area contributed by atoms with Gasteiger partial charge in [0.2, 0.25) is 5.65 Å². The molecule has 0 aliphatic heterocycles. The molecule has 0 atom stereocenters. The number of carbonyl (C=O) groups excluding carboxylic acids is 1. The fourth-order valence-electron chi connectivity index (χ4n) is 3.17. The lowest BCUT2D eigenvalue weighted by atomic mass is 10.1. The Bertz CT molecular complexity index is 1470. The molecule has 2 aromatic heterocycles. The van der Waals surface area contributed by atoms with Gasteiger partial charge in [0.05, 0.1) is 34.1 Å². The van der Waals surface area contributed by atoms with Crippen LogP contribution in [0.15, 0.2) is 47.1 Å². The number of ether oxygens (including phenoxy) is 2. The zero-order chi connectivity index (χ0) is 25.1. The van der Waals surface area contributed by atoms with Crippen molar-refractivity contribution in [2.24, 2.45) is 0 Å². The number of fused-ring (bicyclic) bond motifs is 1. The average Bonchev–Trinajstić information content (AvgIpc) is 3.14. The Morgan fingerprint density at radius 2 is 2.09 bits per heavy atom. The molecule has 2 aromatic carbocycles. The second-order valence-corrected chi connectivity index (χ2v) is 8.80. The minimum Gasteiger partial charge on any atom is -0.453 e. The Kier molecular flexibility index (Phi) is 7.14. The van der Waals surface area contributed by atoms with Crippen molar-refractivity contribution in [3.05, 3.63) is 74.7 Å². The van der Waals surface area contributed by atoms with Crippen molar-refractivity contribution in [2.45, 2.75) is 26.4 Å². The van der Waals surface area contributed by atoms with Gasteiger partial charge in [-0.25, -0.2) is 9.18 Å². The summed E-state index contributed by atoms with van der Waals surface area (Å²) in [6, 6.07) is 11.2. The van der Waals surface area contributed by atoms with E-state index in [0.29, 0.717) is 15.6 Å². The third-order valence-electron chi connectivity index (χ3n) is 4.61. The van der Waals surface area contributed by atoms with Crippen LogP contribution in [0, 0.1) is 17.1 Å². The molecule has 0 aliphatic rings. The molecule has 0 radical (unpaired) electrons. The van der Waals surface area contributed by atoms with E-state index in [-0.39, 0.29) is 39.7 Å². The van der Waals surface area contributed by atoms with E-state index in [4.69, 9.17) is 31.2 Å². The van der Waals surface area contributed by atoms with Gasteiger partial charge in [0.25, 0.3) is 0 Å². The molecule has 0 bridgehead atoms. The predicted molar refractivity (Wildman–Crippen MR) is 127 cm³/mol. The fourth-order valence-corrected chi connectivity index (χ4v) is 3.78. The lowest BCUT2D eigenvalue weighted by Gasteiger charge is -2.12. The van der Waals surface area contributed by atoms with Gasteiger partial charge in [0.15, 0.2) is 11.6 Å². The molecule has 12 heteroatoms. The van der Waals surface area contributed by atoms with E-state index in [2.05, 4.69) is 31.2 Å². The standard InChI is InChI=1S/C23H16BrClFN5O4/c1-12(2)33-23(32)35-31-22-17(5-6-28-29-22)19(30-31)9-14-3-4-18(24)21(20(14)26)34-16-8-13(11-27)7-15(25)10-16/h3-8,10,12H,9H2,1-2H3. The number of aromatic nitrogens is 4. The highest BCUT2D eigenvalue weighted by Gasteiger charge is 2.21. The first-order chi connectivity index (χ1) is 16.7. The average molecular weight is 561 g/mol. The molecule has 0 aliphatic carbocycles. The Balaban J connectivity index is 1.67. The number of hydrogen-bond acceptors (Lipinski definition) is 8. The molecule has 0 saturated heterocycles. The molecule has 4 aromatic rings. The van der Waals surface area contributed by atoms with Crippen LogP contribution in [0.1, 0.15) is 30.7 Å². The van der Waals surface area contributed by atoms with Crippen LogP contribution >= 0.6 is 27.5 Å². The maximum atomic E-state index is 15.5. The Labute approximate surface area is 212 Å². The summed E-state index contributed by atoms with van der Waals surface area (Å²) >= 11 is 9.33. The summed E-state index contributed by atoms with van der Waals surface area (Å²) in [5, 5.41) is 22.0. The van der Waals surface area contributed by atoms with Crippen molar-refractivity contribution in [3.8, 4) is 17.6 Å². The fraction of sp³-hybridized carbons (Fsp3) is 0.174. The summed E-state index contributed by atoms with van der Waals surface area (Å²) in [7, 11) is 0. The van der Waals surface area contributed by atoms with Gasteiger partial charge in [0.1, 0.15) is 5.75 Å². The molecule has 0 saturated carbocycles. The van der Waals surface area contributed by atoms with Crippen LogP contribution in [0.4, 0.5) is 9.18 Å². The normalized spacial score (nSPS) is 10.9. The number of hydrogen-bond donors (Lipinski definition) is 0. The van der Waals surface area contributed by atoms with E-state index in [1.54, 1.807) is 32.0 Å². The molecule has 0 N–H and O–H groups in total. The molecule has 9 nitrogen and oxygen atoms in total. The van der Waals surface area contributed by atoms with Crippen LogP contribution in [0.3, 0.4) is 0 Å². The zero-order valence-corrected chi connectivity index (χ0v) is 20.7. The van der Waals surface area contributed by atoms with Crippen molar-refractivity contribution in [2.75, 3.05) is 0 Å². The monoisotopic (exact) mass is 559 g/mol. The second kappa shape index (κ2) is 10.2. The number of nitriles is 1. The van der Waals surface area contributed by atoms with Gasteiger partial charge >= 0.3 is 6.16 Å². The van der Waals surface area contributed by atoms with E-state index in [9.17, 15) is 4.79 Å². The Morgan fingerprint density at radius 3 is 2.83 bits per heavy atom. The van der Waals surface area contributed by atoms with Crippen molar-refractivity contribution in [1.82, 2.24) is 20.1 Å². The number of nitrogens with zero attached hydrogens (tertiary/aromatic N) is 5. The zero-order valence-electron chi connectivity index (χ0n) is 18.3. The Hall–Kier alpha value is -3.75. The van der Waals surface area contributed by atoms with Crippen LogP contribution < -0.4 is 9.57 Å². The topological polar surface area (TPSA) is 112 Å². The molecule has 0 fully saturated rings. The van der Waals surface area contributed by atoms with Crippen molar-refractivity contribution >= 4 is 44.7 Å². The van der Waals surface area contributed by atoms with Crippen LogP contribution in [0.2, 0.25) is 5.02 Å². The molecular formula is C23H16BrClFN5O4. The van der Waals surface area contributed by atoms with Crippen molar-refractivity contribution in [1.29, 1.82) is 5.26 Å². The van der Waals surface area contributed by atoms with E-state index < -0.39 is 18.1 Å². The molecular weight excluding hydrogens is 545 g/mol. The summed E-state index contributed by atoms with van der Waals surface area (Å²) in [6.45, 7) is 3.35. The quantitative estimate of drug-likeness (QED) is 0.280. The number of benzene rings is 2. The van der Waals surface area contributed by atoms with Crippen LogP contribution in [-0.4, -0.2) is 32.4 Å². The highest BCUT2D eigenvalue weighted by atomic mass is 79.9. The first-order valence-corrected chi connectivity index (χ1v) is 11.4. The lowest BCUT2D eigenvalue weighted by Crippen LogP contribution is -2.24. The SMILES string of the molecule is CC(C)OC(=O)On1nc(Cc2ccc(Br)c(Oc3cc(Cl)cc(C#N)c3)c2F)c2ccnnc21. The number of rotatable bonds is 6. The molecule has 0 spiro atoms. The van der Waals surface area contributed by atoms with Gasteiger partial charge < -0.3 is 9.47 Å². The van der Waals surface area contributed by atoms with Crippen LogP contribution in [0.25, 0.3) is 11.0 Å². The van der Waals surface area contributed by atoms with Crippen molar-refractivity contribution in [3.63, 3.8) is 0 Å². The number of halogens is 3. The molecule has 35 heavy (non-hydrogen) atoms. The molecule has 178 valence electrons. The minimum absolute atomic E-state index is 0.0201. The molecule has 0 amide bonds. The second-order valence-electron chi connectivity index (χ2n) is 7.51. The summed E-state index contributed by atoms with van der Waals surface area (Å²) in [5.41, 5.74) is 1.07. The van der Waals surface area contributed by atoms with Gasteiger partial charge in [-0.05, 0) is 65.7 Å². The van der Waals surface area contributed by atoms with E-state index in [0.717, 1.165) is 4.85 Å². The Morgan fingerprint density at radius 1 is 1.29 bits per heavy atom. The summed E-state index contributed by atoms with van der Waals surface area (Å²) < 4.78 is 26.6. The highest BCUT2D eigenvalue weighted by molar-refractivity contribution is 9.10. The summed E-state index contributed by atoms with van der Waals surface area (Å²) in [5.74, 6) is -0.537. The third kappa shape index (κ3) is 5.50. The maximum absolute atomic E-state index is 15.5. The summed E-state index contributed by atoms with van der Waals surface area (Å²) in [6.07, 6.45) is 0.105. The van der Waals surface area contributed by atoms with Crippen LogP contribution in [0.5, 0.6) is 11.5 Å². The first-order valence-electron chi connectivity index (χ1n) is 10.2. The van der Waals surface area contributed by atoms with E-state index in [1.165, 1.54) is 24.4 Å². The number of carbonyl (C=O) groups is 1. The smallest absolute Gasteiger partial charge is 0.453 e. The molecule has 0 unspecified atom stereocenters. The van der Waals surface area contributed by atoms with Gasteiger partial charge in [0, 0.05) is 16.8 Å².